The lowest BCUT2D eigenvalue weighted by molar-refractivity contribution is -0.130. The monoisotopic (exact) mass is 342 g/mol. The molecule has 0 atom stereocenters. The van der Waals surface area contributed by atoms with Crippen LogP contribution in [0.4, 0.5) is 4.39 Å². The summed E-state index contributed by atoms with van der Waals surface area (Å²) in [5.74, 6) is 2.05. The van der Waals surface area contributed by atoms with Gasteiger partial charge in [-0.25, -0.2) is 14.1 Å². The van der Waals surface area contributed by atoms with Gasteiger partial charge in [0.05, 0.1) is 5.69 Å². The molecular formula is C19H23FN4O. The highest BCUT2D eigenvalue weighted by atomic mass is 19.1. The number of hydrogen-bond donors (Lipinski definition) is 0. The molecule has 132 valence electrons. The van der Waals surface area contributed by atoms with Crippen molar-refractivity contribution in [3.63, 3.8) is 0 Å². The maximum absolute atomic E-state index is 13.6. The molecule has 2 aliphatic rings. The van der Waals surface area contributed by atoms with E-state index in [2.05, 4.69) is 5.10 Å². The van der Waals surface area contributed by atoms with Gasteiger partial charge in [-0.2, -0.15) is 5.10 Å². The molecule has 1 aromatic carbocycles. The normalized spacial score (nSPS) is 18.4. The van der Waals surface area contributed by atoms with Crippen molar-refractivity contribution in [2.45, 2.75) is 50.9 Å². The molecule has 2 aromatic rings. The Balaban J connectivity index is 1.56. The molecule has 0 unspecified atom stereocenters. The van der Waals surface area contributed by atoms with E-state index >= 15 is 0 Å². The van der Waals surface area contributed by atoms with E-state index in [1.807, 2.05) is 11.0 Å². The lowest BCUT2D eigenvalue weighted by Gasteiger charge is -2.20. The minimum Gasteiger partial charge on any atom is -0.342 e. The van der Waals surface area contributed by atoms with Crippen molar-refractivity contribution in [2.75, 3.05) is 13.1 Å². The molecule has 2 heterocycles. The van der Waals surface area contributed by atoms with E-state index in [-0.39, 0.29) is 11.7 Å². The van der Waals surface area contributed by atoms with Crippen LogP contribution in [0.5, 0.6) is 0 Å². The number of likely N-dealkylation sites (tertiary alicyclic amines) is 1. The van der Waals surface area contributed by atoms with Gasteiger partial charge in [0, 0.05) is 31.8 Å². The largest absolute Gasteiger partial charge is 0.342 e. The summed E-state index contributed by atoms with van der Waals surface area (Å²) in [5, 5.41) is 4.62. The van der Waals surface area contributed by atoms with Crippen molar-refractivity contribution in [3.05, 3.63) is 41.7 Å². The molecule has 0 N–H and O–H groups in total. The topological polar surface area (TPSA) is 51.0 Å². The molecule has 4 rings (SSSR count). The Hall–Kier alpha value is -2.24. The summed E-state index contributed by atoms with van der Waals surface area (Å²) in [6.45, 7) is 1.47. The number of benzene rings is 1. The van der Waals surface area contributed by atoms with Crippen LogP contribution in [0.2, 0.25) is 0 Å². The van der Waals surface area contributed by atoms with Crippen LogP contribution in [0.1, 0.15) is 56.1 Å². The van der Waals surface area contributed by atoms with Crippen LogP contribution in [0, 0.1) is 5.82 Å². The van der Waals surface area contributed by atoms with Crippen LogP contribution in [-0.2, 0) is 11.2 Å². The van der Waals surface area contributed by atoms with Gasteiger partial charge < -0.3 is 4.90 Å². The summed E-state index contributed by atoms with van der Waals surface area (Å²) in [5.41, 5.74) is 0.691. The quantitative estimate of drug-likeness (QED) is 0.838. The van der Waals surface area contributed by atoms with Gasteiger partial charge in [0.25, 0.3) is 0 Å². The molecule has 6 heteroatoms. The summed E-state index contributed by atoms with van der Waals surface area (Å²) < 4.78 is 15.4. The van der Waals surface area contributed by atoms with Crippen LogP contribution in [-0.4, -0.2) is 38.7 Å². The van der Waals surface area contributed by atoms with Gasteiger partial charge in [-0.1, -0.05) is 12.5 Å². The molecule has 1 saturated heterocycles. The summed E-state index contributed by atoms with van der Waals surface area (Å²) in [4.78, 5) is 18.8. The summed E-state index contributed by atoms with van der Waals surface area (Å²) in [6.07, 6.45) is 6.70. The van der Waals surface area contributed by atoms with Crippen molar-refractivity contribution in [2.24, 2.45) is 0 Å². The third kappa shape index (κ3) is 3.72. The second kappa shape index (κ2) is 6.94. The molecule has 1 saturated carbocycles. The molecule has 1 amide bonds. The van der Waals surface area contributed by atoms with Gasteiger partial charge in [0.2, 0.25) is 5.91 Å². The number of nitrogens with zero attached hydrogens (tertiary/aromatic N) is 4. The Morgan fingerprint density at radius 2 is 2.08 bits per heavy atom. The molecule has 1 aliphatic carbocycles. The second-order valence-electron chi connectivity index (χ2n) is 6.99. The minimum atomic E-state index is -0.283. The SMILES string of the molecule is O=C1CCCCCN1CCc1nc(C2CC2)nn1-c1cccc(F)c1. The van der Waals surface area contributed by atoms with Gasteiger partial charge in [0.1, 0.15) is 11.6 Å². The third-order valence-corrected chi connectivity index (χ3v) is 4.96. The highest BCUT2D eigenvalue weighted by Crippen LogP contribution is 2.38. The van der Waals surface area contributed by atoms with E-state index in [0.717, 1.165) is 50.3 Å². The fraction of sp³-hybridized carbons (Fsp3) is 0.526. The Morgan fingerprint density at radius 1 is 1.20 bits per heavy atom. The van der Waals surface area contributed by atoms with Crippen molar-refractivity contribution >= 4 is 5.91 Å². The van der Waals surface area contributed by atoms with Crippen molar-refractivity contribution in [3.8, 4) is 5.69 Å². The fourth-order valence-electron chi connectivity index (χ4n) is 3.36. The van der Waals surface area contributed by atoms with Gasteiger partial charge in [-0.15, -0.1) is 0 Å². The summed E-state index contributed by atoms with van der Waals surface area (Å²) >= 11 is 0. The summed E-state index contributed by atoms with van der Waals surface area (Å²) in [6, 6.07) is 6.43. The smallest absolute Gasteiger partial charge is 0.222 e. The molecule has 0 bridgehead atoms. The highest BCUT2D eigenvalue weighted by Gasteiger charge is 2.29. The number of carbonyl (C=O) groups is 1. The maximum Gasteiger partial charge on any atom is 0.222 e. The standard InChI is InChI=1S/C19H23FN4O/c20-15-5-4-6-16(13-15)24-17(21-19(22-24)14-8-9-14)10-12-23-11-3-1-2-7-18(23)25/h4-6,13-14H,1-3,7-12H2. The summed E-state index contributed by atoms with van der Waals surface area (Å²) in [7, 11) is 0. The number of halogens is 1. The molecule has 0 spiro atoms. The van der Waals surface area contributed by atoms with Crippen LogP contribution < -0.4 is 0 Å². The molecule has 0 radical (unpaired) electrons. The van der Waals surface area contributed by atoms with E-state index in [0.29, 0.717) is 31.0 Å². The molecule has 25 heavy (non-hydrogen) atoms. The Kier molecular flexibility index (Phi) is 4.51. The molecule has 1 aliphatic heterocycles. The Bertz CT molecular complexity index is 769. The predicted molar refractivity (Wildman–Crippen MR) is 92.0 cm³/mol. The van der Waals surface area contributed by atoms with E-state index in [9.17, 15) is 9.18 Å². The average Bonchev–Trinajstić information content (AvgIpc) is 3.39. The van der Waals surface area contributed by atoms with Gasteiger partial charge >= 0.3 is 0 Å². The second-order valence-corrected chi connectivity index (χ2v) is 6.99. The van der Waals surface area contributed by atoms with E-state index in [4.69, 9.17) is 4.98 Å². The first-order valence-electron chi connectivity index (χ1n) is 9.20. The zero-order valence-corrected chi connectivity index (χ0v) is 14.3. The van der Waals surface area contributed by atoms with Gasteiger partial charge in [-0.3, -0.25) is 4.79 Å². The lowest BCUT2D eigenvalue weighted by Crippen LogP contribution is -2.32. The fourth-order valence-corrected chi connectivity index (χ4v) is 3.36. The molecule has 1 aromatic heterocycles. The number of amides is 1. The Labute approximate surface area is 146 Å². The zero-order chi connectivity index (χ0) is 17.2. The Morgan fingerprint density at radius 3 is 2.88 bits per heavy atom. The van der Waals surface area contributed by atoms with Crippen molar-refractivity contribution < 1.29 is 9.18 Å². The molecule has 2 fully saturated rings. The molecule has 5 nitrogen and oxygen atoms in total. The van der Waals surface area contributed by atoms with Crippen LogP contribution in [0.15, 0.2) is 24.3 Å². The maximum atomic E-state index is 13.6. The predicted octanol–water partition coefficient (Wildman–Crippen LogP) is 3.23. The third-order valence-electron chi connectivity index (χ3n) is 4.96. The van der Waals surface area contributed by atoms with Gasteiger partial charge in [0.15, 0.2) is 5.82 Å². The number of hydrogen-bond acceptors (Lipinski definition) is 3. The van der Waals surface area contributed by atoms with E-state index < -0.39 is 0 Å². The van der Waals surface area contributed by atoms with Crippen molar-refractivity contribution in [1.82, 2.24) is 19.7 Å². The van der Waals surface area contributed by atoms with E-state index in [1.54, 1.807) is 10.7 Å². The first-order chi connectivity index (χ1) is 12.2. The van der Waals surface area contributed by atoms with E-state index in [1.165, 1.54) is 12.1 Å². The van der Waals surface area contributed by atoms with Crippen LogP contribution >= 0.6 is 0 Å². The lowest BCUT2D eigenvalue weighted by atomic mass is 10.2. The highest BCUT2D eigenvalue weighted by molar-refractivity contribution is 5.76. The van der Waals surface area contributed by atoms with Crippen molar-refractivity contribution in [1.29, 1.82) is 0 Å². The first kappa shape index (κ1) is 16.2. The van der Waals surface area contributed by atoms with Gasteiger partial charge in [-0.05, 0) is 43.9 Å². The van der Waals surface area contributed by atoms with Crippen LogP contribution in [0.3, 0.4) is 0 Å². The van der Waals surface area contributed by atoms with Crippen LogP contribution in [0.25, 0.3) is 5.69 Å². The number of rotatable bonds is 5. The number of carbonyl (C=O) groups excluding carboxylic acids is 1. The molecular weight excluding hydrogens is 319 g/mol. The number of aromatic nitrogens is 3. The average molecular weight is 342 g/mol. The minimum absolute atomic E-state index is 0.233. The zero-order valence-electron chi connectivity index (χ0n) is 14.3. The first-order valence-corrected chi connectivity index (χ1v) is 9.20.